The van der Waals surface area contributed by atoms with Crippen LogP contribution in [0.1, 0.15) is 11.3 Å². The topological polar surface area (TPSA) is 68.2 Å². The SMILES string of the molecule is COc1cc(C=NNc2nc(C)cs2)ccc1OCCN1CCOCC1. The van der Waals surface area contributed by atoms with Crippen molar-refractivity contribution in [2.45, 2.75) is 6.92 Å². The van der Waals surface area contributed by atoms with E-state index < -0.39 is 0 Å². The molecule has 140 valence electrons. The van der Waals surface area contributed by atoms with Crippen LogP contribution in [0.3, 0.4) is 0 Å². The van der Waals surface area contributed by atoms with Gasteiger partial charge in [0.25, 0.3) is 0 Å². The van der Waals surface area contributed by atoms with E-state index in [1.54, 1.807) is 13.3 Å². The number of benzene rings is 1. The summed E-state index contributed by atoms with van der Waals surface area (Å²) in [5, 5.41) is 6.96. The van der Waals surface area contributed by atoms with E-state index in [-0.39, 0.29) is 0 Å². The Morgan fingerprint density at radius 2 is 2.19 bits per heavy atom. The molecule has 1 saturated heterocycles. The largest absolute Gasteiger partial charge is 0.493 e. The van der Waals surface area contributed by atoms with Gasteiger partial charge in [0.05, 0.1) is 32.2 Å². The zero-order valence-corrected chi connectivity index (χ0v) is 15.9. The van der Waals surface area contributed by atoms with Crippen molar-refractivity contribution in [3.8, 4) is 11.5 Å². The lowest BCUT2D eigenvalue weighted by molar-refractivity contribution is 0.0321. The van der Waals surface area contributed by atoms with Crippen LogP contribution in [-0.2, 0) is 4.74 Å². The molecule has 0 saturated carbocycles. The van der Waals surface area contributed by atoms with E-state index in [0.717, 1.165) is 55.0 Å². The molecule has 0 aliphatic carbocycles. The molecule has 7 nitrogen and oxygen atoms in total. The number of aryl methyl sites for hydroxylation is 1. The van der Waals surface area contributed by atoms with Crippen LogP contribution in [0.4, 0.5) is 5.13 Å². The first-order chi connectivity index (χ1) is 12.7. The highest BCUT2D eigenvalue weighted by molar-refractivity contribution is 7.13. The summed E-state index contributed by atoms with van der Waals surface area (Å²) in [6.07, 6.45) is 1.73. The second-order valence-corrected chi connectivity index (χ2v) is 6.73. The molecule has 0 unspecified atom stereocenters. The summed E-state index contributed by atoms with van der Waals surface area (Å²) < 4.78 is 16.7. The molecular weight excluding hydrogens is 352 g/mol. The van der Waals surface area contributed by atoms with Gasteiger partial charge in [0.15, 0.2) is 11.5 Å². The number of hydrogen-bond donors (Lipinski definition) is 1. The van der Waals surface area contributed by atoms with Crippen molar-refractivity contribution in [3.63, 3.8) is 0 Å². The first-order valence-electron chi connectivity index (χ1n) is 8.57. The van der Waals surface area contributed by atoms with Crippen LogP contribution < -0.4 is 14.9 Å². The predicted octanol–water partition coefficient (Wildman–Crippen LogP) is 2.62. The summed E-state index contributed by atoms with van der Waals surface area (Å²) in [6, 6.07) is 5.76. The number of hydrogen-bond acceptors (Lipinski definition) is 8. The third-order valence-corrected chi connectivity index (χ3v) is 4.81. The maximum atomic E-state index is 5.89. The molecule has 1 aromatic heterocycles. The van der Waals surface area contributed by atoms with Crippen molar-refractivity contribution >= 4 is 22.7 Å². The molecule has 8 heteroatoms. The maximum absolute atomic E-state index is 5.89. The molecule has 0 bridgehead atoms. The summed E-state index contributed by atoms with van der Waals surface area (Å²) in [7, 11) is 1.64. The van der Waals surface area contributed by atoms with Gasteiger partial charge in [0, 0.05) is 25.0 Å². The van der Waals surface area contributed by atoms with E-state index in [9.17, 15) is 0 Å². The number of nitrogens with one attached hydrogen (secondary N) is 1. The number of nitrogens with zero attached hydrogens (tertiary/aromatic N) is 3. The van der Waals surface area contributed by atoms with Crippen LogP contribution in [0.15, 0.2) is 28.7 Å². The minimum Gasteiger partial charge on any atom is -0.493 e. The number of methoxy groups -OCH3 is 1. The fraction of sp³-hybridized carbons (Fsp3) is 0.444. The molecule has 1 fully saturated rings. The molecular formula is C18H24N4O3S. The highest BCUT2D eigenvalue weighted by Crippen LogP contribution is 2.27. The first-order valence-corrected chi connectivity index (χ1v) is 9.45. The van der Waals surface area contributed by atoms with Crippen LogP contribution in [0, 0.1) is 6.92 Å². The molecule has 2 aromatic rings. The predicted molar refractivity (Wildman–Crippen MR) is 104 cm³/mol. The monoisotopic (exact) mass is 376 g/mol. The molecule has 2 heterocycles. The second-order valence-electron chi connectivity index (χ2n) is 5.88. The van der Waals surface area contributed by atoms with Gasteiger partial charge in [-0.25, -0.2) is 4.98 Å². The van der Waals surface area contributed by atoms with Crippen molar-refractivity contribution in [2.24, 2.45) is 5.10 Å². The maximum Gasteiger partial charge on any atom is 0.203 e. The number of hydrazone groups is 1. The Balaban J connectivity index is 1.52. The van der Waals surface area contributed by atoms with Crippen molar-refractivity contribution in [1.29, 1.82) is 0 Å². The summed E-state index contributed by atoms with van der Waals surface area (Å²) in [4.78, 5) is 6.64. The number of aromatic nitrogens is 1. The van der Waals surface area contributed by atoms with Crippen molar-refractivity contribution in [3.05, 3.63) is 34.8 Å². The van der Waals surface area contributed by atoms with E-state index in [1.807, 2.05) is 30.5 Å². The summed E-state index contributed by atoms with van der Waals surface area (Å²) in [6.45, 7) is 6.97. The van der Waals surface area contributed by atoms with Crippen LogP contribution >= 0.6 is 11.3 Å². The van der Waals surface area contributed by atoms with E-state index in [0.29, 0.717) is 12.4 Å². The number of rotatable bonds is 8. The molecule has 26 heavy (non-hydrogen) atoms. The Labute approximate surface area is 157 Å². The molecule has 1 N–H and O–H groups in total. The average molecular weight is 376 g/mol. The molecule has 3 rings (SSSR count). The summed E-state index contributed by atoms with van der Waals surface area (Å²) in [5.41, 5.74) is 4.82. The number of anilines is 1. The zero-order chi connectivity index (χ0) is 18.2. The van der Waals surface area contributed by atoms with E-state index in [4.69, 9.17) is 14.2 Å². The molecule has 0 atom stereocenters. The zero-order valence-electron chi connectivity index (χ0n) is 15.1. The summed E-state index contributed by atoms with van der Waals surface area (Å²) in [5.74, 6) is 1.43. The Morgan fingerprint density at radius 3 is 2.92 bits per heavy atom. The second kappa shape index (κ2) is 9.51. The van der Waals surface area contributed by atoms with E-state index in [2.05, 4.69) is 20.4 Å². The van der Waals surface area contributed by atoms with Crippen molar-refractivity contribution in [1.82, 2.24) is 9.88 Å². The van der Waals surface area contributed by atoms with E-state index in [1.165, 1.54) is 11.3 Å². The van der Waals surface area contributed by atoms with Crippen LogP contribution in [0.25, 0.3) is 0 Å². The minimum absolute atomic E-state index is 0.620. The van der Waals surface area contributed by atoms with Gasteiger partial charge < -0.3 is 14.2 Å². The third kappa shape index (κ3) is 5.42. The molecule has 1 aromatic carbocycles. The van der Waals surface area contributed by atoms with Crippen LogP contribution in [-0.4, -0.2) is 62.7 Å². The lowest BCUT2D eigenvalue weighted by Crippen LogP contribution is -2.38. The van der Waals surface area contributed by atoms with Crippen molar-refractivity contribution < 1.29 is 14.2 Å². The molecule has 0 radical (unpaired) electrons. The minimum atomic E-state index is 0.620. The van der Waals surface area contributed by atoms with Gasteiger partial charge in [-0.1, -0.05) is 0 Å². The molecule has 1 aliphatic heterocycles. The van der Waals surface area contributed by atoms with Gasteiger partial charge in [-0.05, 0) is 30.7 Å². The smallest absolute Gasteiger partial charge is 0.203 e. The Bertz CT molecular complexity index is 729. The quantitative estimate of drug-likeness (QED) is 0.564. The lowest BCUT2D eigenvalue weighted by atomic mass is 10.2. The Kier molecular flexibility index (Phi) is 6.82. The number of thiazole rings is 1. The van der Waals surface area contributed by atoms with Crippen LogP contribution in [0.5, 0.6) is 11.5 Å². The fourth-order valence-corrected chi connectivity index (χ4v) is 3.20. The first kappa shape index (κ1) is 18.6. The number of ether oxygens (including phenoxy) is 3. The molecule has 0 amide bonds. The standard InChI is InChI=1S/C18H24N4O3S/c1-14-13-26-18(20-14)21-19-12-15-3-4-16(17(11-15)23-2)25-10-7-22-5-8-24-9-6-22/h3-4,11-13H,5-10H2,1-2H3,(H,20,21). The molecule has 0 spiro atoms. The van der Waals surface area contributed by atoms with Gasteiger partial charge in [-0.3, -0.25) is 10.3 Å². The summed E-state index contributed by atoms with van der Waals surface area (Å²) >= 11 is 1.52. The highest BCUT2D eigenvalue weighted by Gasteiger charge is 2.11. The average Bonchev–Trinajstić information content (AvgIpc) is 3.08. The van der Waals surface area contributed by atoms with Gasteiger partial charge >= 0.3 is 0 Å². The molecule has 1 aliphatic rings. The van der Waals surface area contributed by atoms with Gasteiger partial charge in [-0.15, -0.1) is 11.3 Å². The normalized spacial score (nSPS) is 15.3. The van der Waals surface area contributed by atoms with Crippen molar-refractivity contribution in [2.75, 3.05) is 52.0 Å². The van der Waals surface area contributed by atoms with Gasteiger partial charge in [0.1, 0.15) is 6.61 Å². The van der Waals surface area contributed by atoms with Gasteiger partial charge in [0.2, 0.25) is 5.13 Å². The Morgan fingerprint density at radius 1 is 1.35 bits per heavy atom. The lowest BCUT2D eigenvalue weighted by Gasteiger charge is -2.26. The van der Waals surface area contributed by atoms with E-state index >= 15 is 0 Å². The number of morpholine rings is 1. The Hall–Kier alpha value is -2.16. The fourth-order valence-electron chi connectivity index (χ4n) is 2.56. The van der Waals surface area contributed by atoms with Crippen LogP contribution in [0.2, 0.25) is 0 Å². The third-order valence-electron chi connectivity index (χ3n) is 3.95. The highest BCUT2D eigenvalue weighted by atomic mass is 32.1. The van der Waals surface area contributed by atoms with Gasteiger partial charge in [-0.2, -0.15) is 5.10 Å².